The van der Waals surface area contributed by atoms with Crippen molar-refractivity contribution in [3.05, 3.63) is 54.4 Å². The van der Waals surface area contributed by atoms with Crippen molar-refractivity contribution in [3.8, 4) is 0 Å². The number of aromatic nitrogens is 1. The summed E-state index contributed by atoms with van der Waals surface area (Å²) in [6.07, 6.45) is 3.48. The zero-order chi connectivity index (χ0) is 17.6. The number of hydrogen-bond donors (Lipinski definition) is 1. The van der Waals surface area contributed by atoms with Gasteiger partial charge in [-0.2, -0.15) is 0 Å². The molecule has 0 spiro atoms. The van der Waals surface area contributed by atoms with Crippen LogP contribution in [0.1, 0.15) is 24.2 Å². The molecule has 25 heavy (non-hydrogen) atoms. The number of nitrogens with zero attached hydrogens (tertiary/aromatic N) is 3. The number of pyridine rings is 1. The van der Waals surface area contributed by atoms with Crippen LogP contribution < -0.4 is 15.1 Å². The standard InChI is InChI=1S/C20H26N4O/c1-16(2)13-22-20(25)17-12-19(15-21-14-17)24-10-8-23(9-11-24)18-6-4-3-5-7-18/h3-7,12,14-16H,8-11,13H2,1-2H3,(H,22,25). The van der Waals surface area contributed by atoms with Gasteiger partial charge in [0.1, 0.15) is 0 Å². The topological polar surface area (TPSA) is 48.5 Å². The lowest BCUT2D eigenvalue weighted by Gasteiger charge is -2.37. The Morgan fingerprint density at radius 3 is 2.32 bits per heavy atom. The summed E-state index contributed by atoms with van der Waals surface area (Å²) in [6, 6.07) is 12.4. The monoisotopic (exact) mass is 338 g/mol. The Morgan fingerprint density at radius 1 is 1.04 bits per heavy atom. The van der Waals surface area contributed by atoms with Gasteiger partial charge < -0.3 is 15.1 Å². The van der Waals surface area contributed by atoms with Gasteiger partial charge in [-0.1, -0.05) is 32.0 Å². The van der Waals surface area contributed by atoms with Crippen molar-refractivity contribution in [2.45, 2.75) is 13.8 Å². The number of nitrogens with one attached hydrogen (secondary N) is 1. The lowest BCUT2D eigenvalue weighted by Crippen LogP contribution is -2.46. The van der Waals surface area contributed by atoms with Crippen molar-refractivity contribution in [2.24, 2.45) is 5.92 Å². The molecule has 1 aromatic heterocycles. The molecule has 0 unspecified atom stereocenters. The van der Waals surface area contributed by atoms with Crippen LogP contribution in [0.4, 0.5) is 11.4 Å². The lowest BCUT2D eigenvalue weighted by molar-refractivity contribution is 0.0948. The van der Waals surface area contributed by atoms with Crippen molar-refractivity contribution < 1.29 is 4.79 Å². The van der Waals surface area contributed by atoms with E-state index in [0.29, 0.717) is 18.0 Å². The van der Waals surface area contributed by atoms with Crippen molar-refractivity contribution in [1.82, 2.24) is 10.3 Å². The Bertz CT molecular complexity index is 694. The summed E-state index contributed by atoms with van der Waals surface area (Å²) in [6.45, 7) is 8.63. The van der Waals surface area contributed by atoms with Gasteiger partial charge in [0.25, 0.3) is 5.91 Å². The highest BCUT2D eigenvalue weighted by Crippen LogP contribution is 2.20. The molecule has 1 N–H and O–H groups in total. The fourth-order valence-electron chi connectivity index (χ4n) is 2.99. The molecule has 0 atom stereocenters. The second kappa shape index (κ2) is 8.01. The van der Waals surface area contributed by atoms with E-state index < -0.39 is 0 Å². The number of rotatable bonds is 5. The zero-order valence-electron chi connectivity index (χ0n) is 15.0. The highest BCUT2D eigenvalue weighted by molar-refractivity contribution is 5.94. The second-order valence-corrected chi connectivity index (χ2v) is 6.85. The highest BCUT2D eigenvalue weighted by atomic mass is 16.1. The number of carbonyl (C=O) groups is 1. The summed E-state index contributed by atoms with van der Waals surface area (Å²) >= 11 is 0. The van der Waals surface area contributed by atoms with Crippen LogP contribution in [0, 0.1) is 5.92 Å². The van der Waals surface area contributed by atoms with Gasteiger partial charge in [0.15, 0.2) is 0 Å². The molecular weight excluding hydrogens is 312 g/mol. The van der Waals surface area contributed by atoms with E-state index in [1.807, 2.05) is 18.3 Å². The third kappa shape index (κ3) is 4.50. The van der Waals surface area contributed by atoms with Gasteiger partial charge in [-0.3, -0.25) is 9.78 Å². The smallest absolute Gasteiger partial charge is 0.252 e. The summed E-state index contributed by atoms with van der Waals surface area (Å²) in [5.41, 5.74) is 2.91. The third-order valence-electron chi connectivity index (χ3n) is 4.42. The maximum Gasteiger partial charge on any atom is 0.252 e. The molecular formula is C20H26N4O. The average Bonchev–Trinajstić information content (AvgIpc) is 2.67. The first-order valence-corrected chi connectivity index (χ1v) is 8.91. The van der Waals surface area contributed by atoms with E-state index >= 15 is 0 Å². The quantitative estimate of drug-likeness (QED) is 0.911. The summed E-state index contributed by atoms with van der Waals surface area (Å²) in [5, 5.41) is 2.95. The molecule has 1 saturated heterocycles. The molecule has 1 fully saturated rings. The molecule has 3 rings (SSSR count). The largest absolute Gasteiger partial charge is 0.368 e. The summed E-state index contributed by atoms with van der Waals surface area (Å²) in [4.78, 5) is 21.2. The van der Waals surface area contributed by atoms with Gasteiger partial charge in [0.2, 0.25) is 0 Å². The Labute approximate surface area is 149 Å². The highest BCUT2D eigenvalue weighted by Gasteiger charge is 2.18. The SMILES string of the molecule is CC(C)CNC(=O)c1cncc(N2CCN(c3ccccc3)CC2)c1. The van der Waals surface area contributed by atoms with Crippen LogP contribution in [0.3, 0.4) is 0 Å². The molecule has 0 aliphatic carbocycles. The average molecular weight is 338 g/mol. The van der Waals surface area contributed by atoms with Crippen molar-refractivity contribution in [3.63, 3.8) is 0 Å². The molecule has 2 heterocycles. The van der Waals surface area contributed by atoms with Crippen LogP contribution in [-0.2, 0) is 0 Å². The first-order chi connectivity index (χ1) is 12.1. The number of amides is 1. The predicted molar refractivity (Wildman–Crippen MR) is 102 cm³/mol. The van der Waals surface area contributed by atoms with Gasteiger partial charge in [-0.15, -0.1) is 0 Å². The number of hydrogen-bond acceptors (Lipinski definition) is 4. The molecule has 0 bridgehead atoms. The molecule has 0 saturated carbocycles. The van der Waals surface area contributed by atoms with E-state index in [4.69, 9.17) is 0 Å². The summed E-state index contributed by atoms with van der Waals surface area (Å²) in [7, 11) is 0. The van der Waals surface area contributed by atoms with Crippen molar-refractivity contribution >= 4 is 17.3 Å². The maximum atomic E-state index is 12.2. The molecule has 132 valence electrons. The van der Waals surface area contributed by atoms with E-state index in [2.05, 4.69) is 58.2 Å². The van der Waals surface area contributed by atoms with Crippen LogP contribution >= 0.6 is 0 Å². The number of carbonyl (C=O) groups excluding carboxylic acids is 1. The Morgan fingerprint density at radius 2 is 1.68 bits per heavy atom. The van der Waals surface area contributed by atoms with Crippen LogP contribution in [0.2, 0.25) is 0 Å². The predicted octanol–water partition coefficient (Wildman–Crippen LogP) is 2.79. The van der Waals surface area contributed by atoms with Gasteiger partial charge in [0.05, 0.1) is 17.4 Å². The van der Waals surface area contributed by atoms with E-state index in [-0.39, 0.29) is 5.91 Å². The maximum absolute atomic E-state index is 12.2. The van der Waals surface area contributed by atoms with Crippen LogP contribution in [0.15, 0.2) is 48.8 Å². The first kappa shape index (κ1) is 17.3. The van der Waals surface area contributed by atoms with Gasteiger partial charge in [0, 0.05) is 44.6 Å². The molecule has 5 nitrogen and oxygen atoms in total. The van der Waals surface area contributed by atoms with E-state index in [1.165, 1.54) is 5.69 Å². The van der Waals surface area contributed by atoms with E-state index in [9.17, 15) is 4.79 Å². The molecule has 1 amide bonds. The van der Waals surface area contributed by atoms with Crippen molar-refractivity contribution in [1.29, 1.82) is 0 Å². The van der Waals surface area contributed by atoms with Crippen molar-refractivity contribution in [2.75, 3.05) is 42.5 Å². The fourth-order valence-corrected chi connectivity index (χ4v) is 2.99. The van der Waals surface area contributed by atoms with Gasteiger partial charge >= 0.3 is 0 Å². The number of para-hydroxylation sites is 1. The Hall–Kier alpha value is -2.56. The van der Waals surface area contributed by atoms with Crippen LogP contribution in [0.25, 0.3) is 0 Å². The first-order valence-electron chi connectivity index (χ1n) is 8.91. The molecule has 1 aliphatic rings. The molecule has 2 aromatic rings. The third-order valence-corrected chi connectivity index (χ3v) is 4.42. The van der Waals surface area contributed by atoms with Gasteiger partial charge in [-0.05, 0) is 24.1 Å². The summed E-state index contributed by atoms with van der Waals surface area (Å²) < 4.78 is 0. The lowest BCUT2D eigenvalue weighted by atomic mass is 10.2. The Kier molecular flexibility index (Phi) is 5.53. The fraction of sp³-hybridized carbons (Fsp3) is 0.400. The van der Waals surface area contributed by atoms with Crippen LogP contribution in [-0.4, -0.2) is 43.6 Å². The second-order valence-electron chi connectivity index (χ2n) is 6.85. The number of anilines is 2. The Balaban J connectivity index is 1.62. The normalized spacial score (nSPS) is 14.7. The minimum Gasteiger partial charge on any atom is -0.368 e. The molecule has 0 radical (unpaired) electrons. The number of benzene rings is 1. The molecule has 1 aliphatic heterocycles. The number of piperazine rings is 1. The van der Waals surface area contributed by atoms with Crippen LogP contribution in [0.5, 0.6) is 0 Å². The van der Waals surface area contributed by atoms with E-state index in [0.717, 1.165) is 31.9 Å². The minimum absolute atomic E-state index is 0.0500. The summed E-state index contributed by atoms with van der Waals surface area (Å²) in [5.74, 6) is 0.386. The van der Waals surface area contributed by atoms with Gasteiger partial charge in [-0.25, -0.2) is 0 Å². The molecule has 5 heteroatoms. The van der Waals surface area contributed by atoms with E-state index in [1.54, 1.807) is 6.20 Å². The minimum atomic E-state index is -0.0500. The zero-order valence-corrected chi connectivity index (χ0v) is 15.0. The molecule has 1 aromatic carbocycles.